The van der Waals surface area contributed by atoms with Crippen molar-refractivity contribution < 1.29 is 19.5 Å². The average molecular weight is 332 g/mol. The molecule has 0 heterocycles. The Labute approximate surface area is 141 Å². The second kappa shape index (κ2) is 9.05. The molecule has 0 aliphatic heterocycles. The first kappa shape index (κ1) is 18.0. The Morgan fingerprint density at radius 3 is 2.25 bits per heavy atom. The van der Waals surface area contributed by atoms with Gasteiger partial charge in [0, 0.05) is 13.0 Å². The molecule has 6 heteroatoms. The van der Waals surface area contributed by atoms with Gasteiger partial charge >= 0.3 is 5.97 Å². The molecule has 1 aliphatic carbocycles. The van der Waals surface area contributed by atoms with Crippen molar-refractivity contribution in [2.45, 2.75) is 45.1 Å². The second-order valence-electron chi connectivity index (χ2n) is 6.26. The predicted molar refractivity (Wildman–Crippen MR) is 89.4 cm³/mol. The number of carbonyl (C=O) groups is 3. The van der Waals surface area contributed by atoms with Crippen molar-refractivity contribution in [1.29, 1.82) is 0 Å². The van der Waals surface area contributed by atoms with Gasteiger partial charge in [-0.1, -0.05) is 31.4 Å². The molecule has 2 rings (SSSR count). The fourth-order valence-corrected chi connectivity index (χ4v) is 2.93. The third-order valence-electron chi connectivity index (χ3n) is 4.34. The molecule has 0 unspecified atom stereocenters. The minimum Gasteiger partial charge on any atom is -0.478 e. The van der Waals surface area contributed by atoms with Crippen molar-refractivity contribution in [3.8, 4) is 0 Å². The molecule has 0 aromatic heterocycles. The summed E-state index contributed by atoms with van der Waals surface area (Å²) in [5.41, 5.74) is 1.02. The molecule has 1 saturated carbocycles. The number of benzene rings is 1. The summed E-state index contributed by atoms with van der Waals surface area (Å²) < 4.78 is 0. The number of carboxylic acids is 1. The Kier molecular flexibility index (Phi) is 6.78. The number of carboxylic acid groups (broad SMARTS) is 1. The zero-order chi connectivity index (χ0) is 17.4. The van der Waals surface area contributed by atoms with Crippen LogP contribution in [0.3, 0.4) is 0 Å². The van der Waals surface area contributed by atoms with Crippen LogP contribution in [0.4, 0.5) is 0 Å². The molecular formula is C18H24N2O4. The monoisotopic (exact) mass is 332 g/mol. The molecule has 24 heavy (non-hydrogen) atoms. The average Bonchev–Trinajstić information content (AvgIpc) is 2.59. The first-order valence-electron chi connectivity index (χ1n) is 8.40. The van der Waals surface area contributed by atoms with Gasteiger partial charge < -0.3 is 15.7 Å². The summed E-state index contributed by atoms with van der Waals surface area (Å²) in [6.07, 6.45) is 6.36. The third kappa shape index (κ3) is 6.02. The van der Waals surface area contributed by atoms with E-state index in [0.29, 0.717) is 18.9 Å². The predicted octanol–water partition coefficient (Wildman–Crippen LogP) is 2.09. The van der Waals surface area contributed by atoms with Gasteiger partial charge in [-0.2, -0.15) is 0 Å². The Hall–Kier alpha value is -2.37. The number of aromatic carboxylic acids is 1. The van der Waals surface area contributed by atoms with Gasteiger partial charge in [-0.05, 0) is 36.5 Å². The zero-order valence-electron chi connectivity index (χ0n) is 13.7. The quantitative estimate of drug-likeness (QED) is 0.712. The highest BCUT2D eigenvalue weighted by Gasteiger charge is 2.17. The van der Waals surface area contributed by atoms with E-state index in [1.54, 1.807) is 12.1 Å². The zero-order valence-corrected chi connectivity index (χ0v) is 13.7. The summed E-state index contributed by atoms with van der Waals surface area (Å²) in [6.45, 7) is 0.274. The largest absolute Gasteiger partial charge is 0.478 e. The van der Waals surface area contributed by atoms with Crippen LogP contribution in [0.15, 0.2) is 24.3 Å². The lowest BCUT2D eigenvalue weighted by atomic mass is 9.87. The van der Waals surface area contributed by atoms with Crippen LogP contribution in [0.5, 0.6) is 0 Å². The van der Waals surface area contributed by atoms with Crippen LogP contribution >= 0.6 is 0 Å². The number of hydrogen-bond acceptors (Lipinski definition) is 3. The van der Waals surface area contributed by atoms with Crippen LogP contribution in [-0.2, 0) is 16.1 Å². The normalized spacial score (nSPS) is 14.8. The number of hydrogen-bond donors (Lipinski definition) is 3. The third-order valence-corrected chi connectivity index (χ3v) is 4.34. The molecule has 130 valence electrons. The molecule has 6 nitrogen and oxygen atoms in total. The molecular weight excluding hydrogens is 308 g/mol. The summed E-state index contributed by atoms with van der Waals surface area (Å²) >= 11 is 0. The van der Waals surface area contributed by atoms with Crippen LogP contribution < -0.4 is 10.6 Å². The highest BCUT2D eigenvalue weighted by Crippen LogP contribution is 2.25. The van der Waals surface area contributed by atoms with Gasteiger partial charge in [0.15, 0.2) is 0 Å². The van der Waals surface area contributed by atoms with E-state index in [4.69, 9.17) is 5.11 Å². The number of carbonyl (C=O) groups excluding carboxylic acids is 2. The maximum absolute atomic E-state index is 11.8. The summed E-state index contributed by atoms with van der Waals surface area (Å²) in [6, 6.07) is 6.31. The fraction of sp³-hybridized carbons (Fsp3) is 0.500. The Morgan fingerprint density at radius 1 is 0.958 bits per heavy atom. The smallest absolute Gasteiger partial charge is 0.335 e. The van der Waals surface area contributed by atoms with Gasteiger partial charge in [0.05, 0.1) is 12.1 Å². The molecule has 0 spiro atoms. The van der Waals surface area contributed by atoms with Crippen LogP contribution in [0.2, 0.25) is 0 Å². The highest BCUT2D eigenvalue weighted by atomic mass is 16.4. The Morgan fingerprint density at radius 2 is 1.62 bits per heavy atom. The van der Waals surface area contributed by atoms with E-state index in [1.165, 1.54) is 31.4 Å². The molecule has 1 aromatic rings. The van der Waals surface area contributed by atoms with Crippen LogP contribution in [0.25, 0.3) is 0 Å². The summed E-state index contributed by atoms with van der Waals surface area (Å²) in [7, 11) is 0. The van der Waals surface area contributed by atoms with Crippen molar-refractivity contribution in [1.82, 2.24) is 10.6 Å². The second-order valence-corrected chi connectivity index (χ2v) is 6.26. The van der Waals surface area contributed by atoms with Crippen LogP contribution in [0.1, 0.15) is 54.4 Å². The minimum absolute atomic E-state index is 0.0290. The molecule has 0 saturated heterocycles. The van der Waals surface area contributed by atoms with Crippen molar-refractivity contribution in [3.63, 3.8) is 0 Å². The molecule has 0 radical (unpaired) electrons. The van der Waals surface area contributed by atoms with E-state index in [9.17, 15) is 14.4 Å². The number of nitrogens with one attached hydrogen (secondary N) is 2. The minimum atomic E-state index is -0.980. The van der Waals surface area contributed by atoms with Crippen molar-refractivity contribution >= 4 is 17.8 Å². The molecule has 1 aliphatic rings. The van der Waals surface area contributed by atoms with Crippen molar-refractivity contribution in [2.75, 3.05) is 6.54 Å². The van der Waals surface area contributed by atoms with Gasteiger partial charge in [0.25, 0.3) is 0 Å². The van der Waals surface area contributed by atoms with Gasteiger partial charge in [-0.25, -0.2) is 4.79 Å². The SMILES string of the molecule is O=C(CNC(=O)CC1CCCCC1)NCc1ccc(C(=O)O)cc1. The van der Waals surface area contributed by atoms with Gasteiger partial charge in [0.2, 0.25) is 11.8 Å². The number of amides is 2. The fourth-order valence-electron chi connectivity index (χ4n) is 2.93. The van der Waals surface area contributed by atoms with Crippen LogP contribution in [-0.4, -0.2) is 29.4 Å². The van der Waals surface area contributed by atoms with Gasteiger partial charge in [-0.3, -0.25) is 9.59 Å². The lowest BCUT2D eigenvalue weighted by Gasteiger charge is -2.20. The Bertz CT molecular complexity index is 577. The van der Waals surface area contributed by atoms with Gasteiger partial charge in [0.1, 0.15) is 0 Å². The molecule has 1 aromatic carbocycles. The molecule has 0 bridgehead atoms. The van der Waals surface area contributed by atoms with E-state index < -0.39 is 5.97 Å². The van der Waals surface area contributed by atoms with Gasteiger partial charge in [-0.15, -0.1) is 0 Å². The summed E-state index contributed by atoms with van der Waals surface area (Å²) in [4.78, 5) is 34.4. The van der Waals surface area contributed by atoms with Crippen molar-refractivity contribution in [2.24, 2.45) is 5.92 Å². The van der Waals surface area contributed by atoms with Crippen molar-refractivity contribution in [3.05, 3.63) is 35.4 Å². The summed E-state index contributed by atoms with van der Waals surface area (Å²) in [5, 5.41) is 14.2. The maximum atomic E-state index is 11.8. The number of rotatable bonds is 7. The highest BCUT2D eigenvalue weighted by molar-refractivity contribution is 5.87. The summed E-state index contributed by atoms with van der Waals surface area (Å²) in [5.74, 6) is -0.849. The van der Waals surface area contributed by atoms with E-state index in [-0.39, 0.29) is 23.9 Å². The molecule has 0 atom stereocenters. The molecule has 3 N–H and O–H groups in total. The molecule has 1 fully saturated rings. The van der Waals surface area contributed by atoms with E-state index in [0.717, 1.165) is 18.4 Å². The lowest BCUT2D eigenvalue weighted by Crippen LogP contribution is -2.37. The Balaban J connectivity index is 1.65. The van der Waals surface area contributed by atoms with Crippen LogP contribution in [0, 0.1) is 5.92 Å². The first-order valence-corrected chi connectivity index (χ1v) is 8.40. The van der Waals surface area contributed by atoms with E-state index in [2.05, 4.69) is 10.6 Å². The topological polar surface area (TPSA) is 95.5 Å². The first-order chi connectivity index (χ1) is 11.5. The maximum Gasteiger partial charge on any atom is 0.335 e. The molecule has 2 amide bonds. The standard InChI is InChI=1S/C18H24N2O4/c21-16(10-13-4-2-1-3-5-13)20-12-17(22)19-11-14-6-8-15(9-7-14)18(23)24/h6-9,13H,1-5,10-12H2,(H,19,22)(H,20,21)(H,23,24). The van der Waals surface area contributed by atoms with E-state index in [1.807, 2.05) is 0 Å². The van der Waals surface area contributed by atoms with E-state index >= 15 is 0 Å². The lowest BCUT2D eigenvalue weighted by molar-refractivity contribution is -0.126.